The lowest BCUT2D eigenvalue weighted by atomic mass is 10.0. The maximum absolute atomic E-state index is 12.9. The Morgan fingerprint density at radius 2 is 2.07 bits per heavy atom. The van der Waals surface area contributed by atoms with Crippen LogP contribution in [-0.2, 0) is 0 Å². The van der Waals surface area contributed by atoms with Gasteiger partial charge in [0.25, 0.3) is 0 Å². The molecule has 0 saturated carbocycles. The number of anilines is 1. The molecule has 1 aliphatic rings. The smallest absolute Gasteiger partial charge is 0.387 e. The number of halogens is 4. The maximum Gasteiger partial charge on any atom is 0.387 e. The average molecular weight is 454 g/mol. The Kier molecular flexibility index (Phi) is 4.84. The van der Waals surface area contributed by atoms with Gasteiger partial charge in [-0.05, 0) is 42.0 Å². The molecule has 138 valence electrons. The Labute approximate surface area is 166 Å². The molecule has 0 radical (unpaired) electrons. The summed E-state index contributed by atoms with van der Waals surface area (Å²) in [7, 11) is 0. The third kappa shape index (κ3) is 3.68. The average Bonchev–Trinajstić information content (AvgIpc) is 3.11. The van der Waals surface area contributed by atoms with Crippen molar-refractivity contribution in [1.29, 1.82) is 0 Å². The molecule has 1 aliphatic heterocycles. The van der Waals surface area contributed by atoms with Crippen LogP contribution in [0.15, 0.2) is 59.3 Å². The molecule has 0 saturated heterocycles. The Hall–Kier alpha value is -2.45. The molecule has 0 unspecified atom stereocenters. The normalized spacial score (nSPS) is 15.9. The number of hydrogen-bond donors (Lipinski definition) is 1. The summed E-state index contributed by atoms with van der Waals surface area (Å²) in [5.74, 6) is 0.521. The van der Waals surface area contributed by atoms with Crippen molar-refractivity contribution in [3.63, 3.8) is 0 Å². The van der Waals surface area contributed by atoms with Crippen molar-refractivity contribution in [3.05, 3.63) is 75.5 Å². The van der Waals surface area contributed by atoms with E-state index >= 15 is 0 Å². The fourth-order valence-corrected chi connectivity index (χ4v) is 3.51. The molecule has 1 N–H and O–H groups in total. The summed E-state index contributed by atoms with van der Waals surface area (Å²) in [6.45, 7) is -2.95. The van der Waals surface area contributed by atoms with Gasteiger partial charge in [0.05, 0.1) is 0 Å². The first-order valence-electron chi connectivity index (χ1n) is 7.90. The van der Waals surface area contributed by atoms with E-state index in [1.54, 1.807) is 10.7 Å². The van der Waals surface area contributed by atoms with Crippen molar-refractivity contribution in [2.45, 2.75) is 12.7 Å². The molecule has 2 heterocycles. The molecular formula is C18H12BrClF2N4O. The number of aromatic nitrogens is 3. The fourth-order valence-electron chi connectivity index (χ4n) is 2.93. The molecule has 0 fully saturated rings. The van der Waals surface area contributed by atoms with Crippen LogP contribution >= 0.6 is 27.5 Å². The lowest BCUT2D eigenvalue weighted by molar-refractivity contribution is -0.0506. The van der Waals surface area contributed by atoms with Gasteiger partial charge in [-0.25, -0.2) is 4.68 Å². The van der Waals surface area contributed by atoms with Crippen molar-refractivity contribution in [2.24, 2.45) is 0 Å². The number of rotatable bonds is 4. The van der Waals surface area contributed by atoms with Gasteiger partial charge in [0.2, 0.25) is 5.95 Å². The minimum atomic E-state index is -2.95. The highest BCUT2D eigenvalue weighted by Crippen LogP contribution is 2.38. The first kappa shape index (κ1) is 17.9. The van der Waals surface area contributed by atoms with E-state index in [0.717, 1.165) is 15.7 Å². The Balaban J connectivity index is 1.85. The number of nitrogens with zero attached hydrogens (tertiary/aromatic N) is 3. The molecule has 0 bridgehead atoms. The van der Waals surface area contributed by atoms with Crippen molar-refractivity contribution >= 4 is 39.2 Å². The largest absolute Gasteiger partial charge is 0.434 e. The molecule has 27 heavy (non-hydrogen) atoms. The monoisotopic (exact) mass is 452 g/mol. The first-order valence-corrected chi connectivity index (χ1v) is 9.07. The summed E-state index contributed by atoms with van der Waals surface area (Å²) in [6, 6.07) is 11.7. The molecule has 1 aromatic heterocycles. The van der Waals surface area contributed by atoms with Crippen LogP contribution in [0.2, 0.25) is 5.02 Å². The van der Waals surface area contributed by atoms with Gasteiger partial charge < -0.3 is 10.1 Å². The maximum atomic E-state index is 12.9. The summed E-state index contributed by atoms with van der Waals surface area (Å²) >= 11 is 9.57. The van der Waals surface area contributed by atoms with Crippen molar-refractivity contribution in [3.8, 4) is 5.75 Å². The zero-order chi connectivity index (χ0) is 19.0. The summed E-state index contributed by atoms with van der Waals surface area (Å²) in [5, 5.41) is 7.82. The van der Waals surface area contributed by atoms with Crippen LogP contribution in [0.4, 0.5) is 14.7 Å². The predicted molar refractivity (Wildman–Crippen MR) is 102 cm³/mol. The highest BCUT2D eigenvalue weighted by Gasteiger charge is 2.27. The van der Waals surface area contributed by atoms with Crippen molar-refractivity contribution in [2.75, 3.05) is 5.32 Å². The molecule has 4 rings (SSSR count). The molecule has 3 aromatic rings. The molecule has 0 amide bonds. The number of nitrogens with one attached hydrogen (secondary N) is 1. The minimum Gasteiger partial charge on any atom is -0.434 e. The fraction of sp³-hybridized carbons (Fsp3) is 0.111. The molecule has 1 atom stereocenters. The molecule has 5 nitrogen and oxygen atoms in total. The van der Waals surface area contributed by atoms with Gasteiger partial charge in [0, 0.05) is 20.8 Å². The van der Waals surface area contributed by atoms with E-state index < -0.39 is 12.7 Å². The quantitative estimate of drug-likeness (QED) is 0.578. The van der Waals surface area contributed by atoms with Gasteiger partial charge in [-0.2, -0.15) is 18.9 Å². The van der Waals surface area contributed by atoms with Crippen LogP contribution in [0.25, 0.3) is 5.70 Å². The number of fused-ring (bicyclic) bond motifs is 1. The highest BCUT2D eigenvalue weighted by molar-refractivity contribution is 9.10. The second kappa shape index (κ2) is 7.28. The van der Waals surface area contributed by atoms with Gasteiger partial charge >= 0.3 is 6.61 Å². The summed E-state index contributed by atoms with van der Waals surface area (Å²) < 4.78 is 32.9. The van der Waals surface area contributed by atoms with Crippen molar-refractivity contribution < 1.29 is 13.5 Å². The van der Waals surface area contributed by atoms with E-state index in [4.69, 9.17) is 16.3 Å². The molecule has 9 heteroatoms. The number of hydrogen-bond acceptors (Lipinski definition) is 4. The third-order valence-corrected chi connectivity index (χ3v) is 4.78. The third-order valence-electron chi connectivity index (χ3n) is 4.05. The number of allylic oxidation sites excluding steroid dienone is 1. The van der Waals surface area contributed by atoms with E-state index in [9.17, 15) is 8.78 Å². The van der Waals surface area contributed by atoms with Gasteiger partial charge in [0.1, 0.15) is 18.1 Å². The second-order valence-corrected chi connectivity index (χ2v) is 7.10. The topological polar surface area (TPSA) is 52.0 Å². The van der Waals surface area contributed by atoms with Crippen LogP contribution in [0, 0.1) is 0 Å². The number of alkyl halides is 2. The molecule has 0 spiro atoms. The highest BCUT2D eigenvalue weighted by atomic mass is 79.9. The Morgan fingerprint density at radius 1 is 1.22 bits per heavy atom. The summed E-state index contributed by atoms with van der Waals surface area (Å²) in [6.07, 6.45) is 3.26. The van der Waals surface area contributed by atoms with E-state index in [-0.39, 0.29) is 5.75 Å². The predicted octanol–water partition coefficient (Wildman–Crippen LogP) is 5.35. The Morgan fingerprint density at radius 3 is 2.85 bits per heavy atom. The minimum absolute atomic E-state index is 0.0348. The zero-order valence-corrected chi connectivity index (χ0v) is 16.0. The van der Waals surface area contributed by atoms with Crippen LogP contribution in [0.3, 0.4) is 0 Å². The molecule has 0 aliphatic carbocycles. The van der Waals surface area contributed by atoms with E-state index in [1.165, 1.54) is 18.5 Å². The van der Waals surface area contributed by atoms with Gasteiger partial charge in [-0.15, -0.1) is 0 Å². The van der Waals surface area contributed by atoms with E-state index in [2.05, 4.69) is 31.3 Å². The number of ether oxygens (including phenoxy) is 1. The van der Waals surface area contributed by atoms with Crippen LogP contribution in [-0.4, -0.2) is 21.4 Å². The molecule has 2 aromatic carbocycles. The van der Waals surface area contributed by atoms with Gasteiger partial charge in [-0.1, -0.05) is 39.7 Å². The summed E-state index contributed by atoms with van der Waals surface area (Å²) in [4.78, 5) is 4.21. The number of benzene rings is 2. The van der Waals surface area contributed by atoms with E-state index in [1.807, 2.05) is 30.3 Å². The first-order chi connectivity index (χ1) is 13.0. The van der Waals surface area contributed by atoms with Gasteiger partial charge in [-0.3, -0.25) is 0 Å². The lowest BCUT2D eigenvalue weighted by Gasteiger charge is -2.26. The van der Waals surface area contributed by atoms with Crippen LogP contribution in [0.5, 0.6) is 5.75 Å². The molecular weight excluding hydrogens is 442 g/mol. The summed E-state index contributed by atoms with van der Waals surface area (Å²) in [5.41, 5.74) is 2.13. The van der Waals surface area contributed by atoms with Crippen LogP contribution in [0.1, 0.15) is 17.2 Å². The SMILES string of the molecule is FC(F)Oc1ccc(Cl)cc1[C@@H]1C=C(c2cccc(Br)c2)Nc2ncnn21. The van der Waals surface area contributed by atoms with Crippen LogP contribution < -0.4 is 10.1 Å². The lowest BCUT2D eigenvalue weighted by Crippen LogP contribution is -2.21. The zero-order valence-electron chi connectivity index (χ0n) is 13.6. The van der Waals surface area contributed by atoms with E-state index in [0.29, 0.717) is 16.5 Å². The Bertz CT molecular complexity index is 1020. The standard InChI is InChI=1S/C18H12BrClF2N4O/c19-11-3-1-2-10(6-11)14-8-15(26-18(25-14)23-9-24-26)13-7-12(20)4-5-16(13)27-17(21)22/h1-9,15,17H,(H,23,24,25)/t15-/m0/s1. The second-order valence-electron chi connectivity index (χ2n) is 5.75. The van der Waals surface area contributed by atoms with Crippen molar-refractivity contribution in [1.82, 2.24) is 14.8 Å². The van der Waals surface area contributed by atoms with Gasteiger partial charge in [0.15, 0.2) is 0 Å².